The van der Waals surface area contributed by atoms with E-state index in [4.69, 9.17) is 0 Å². The highest BCUT2D eigenvalue weighted by Crippen LogP contribution is 1.99. The molecule has 1 aromatic heterocycles. The lowest BCUT2D eigenvalue weighted by molar-refractivity contribution is 0.797. The normalized spacial score (nSPS) is 9.43. The van der Waals surface area contributed by atoms with Gasteiger partial charge in [0.25, 0.3) is 0 Å². The van der Waals surface area contributed by atoms with E-state index in [2.05, 4.69) is 20.6 Å². The maximum atomic E-state index is 3.87. The molecule has 0 radical (unpaired) electrons. The van der Waals surface area contributed by atoms with Crippen LogP contribution in [-0.2, 0) is 0 Å². The van der Waals surface area contributed by atoms with E-state index in [0.29, 0.717) is 0 Å². The van der Waals surface area contributed by atoms with Gasteiger partial charge in [-0.1, -0.05) is 36.4 Å². The Kier molecular flexibility index (Phi) is 2.56. The van der Waals surface area contributed by atoms with Crippen LogP contribution >= 0.6 is 0 Å². The summed E-state index contributed by atoms with van der Waals surface area (Å²) in [5, 5.41) is 14.7. The molecule has 2 rings (SSSR count). The molecule has 4 nitrogen and oxygen atoms in total. The topological polar surface area (TPSA) is 51.6 Å². The average Bonchev–Trinajstić information content (AvgIpc) is 2.25. The van der Waals surface area contributed by atoms with Crippen LogP contribution in [0.1, 0.15) is 0 Å². The molecule has 0 bridgehead atoms. The third-order valence-corrected chi connectivity index (χ3v) is 1.67. The molecule has 68 valence electrons. The largest absolute Gasteiger partial charge is 0.127 e. The minimum atomic E-state index is 0.719. The van der Waals surface area contributed by atoms with Crippen molar-refractivity contribution in [2.24, 2.45) is 0 Å². The van der Waals surface area contributed by atoms with Crippen molar-refractivity contribution >= 4 is 11.0 Å². The van der Waals surface area contributed by atoms with Crippen molar-refractivity contribution in [1.82, 2.24) is 20.6 Å². The summed E-state index contributed by atoms with van der Waals surface area (Å²) < 4.78 is 0. The Hall–Kier alpha value is -2.10. The Bertz CT molecular complexity index is 437. The van der Waals surface area contributed by atoms with Gasteiger partial charge in [0.05, 0.1) is 0 Å². The van der Waals surface area contributed by atoms with E-state index in [9.17, 15) is 0 Å². The minimum absolute atomic E-state index is 0.719. The summed E-state index contributed by atoms with van der Waals surface area (Å²) in [6, 6.07) is 15.2. The number of fused-ring (bicyclic) bond motifs is 1. The summed E-state index contributed by atoms with van der Waals surface area (Å²) in [6.07, 6.45) is 0. The molecule has 0 aliphatic rings. The van der Waals surface area contributed by atoms with Gasteiger partial charge in [0, 0.05) is 0 Å². The third-order valence-electron chi connectivity index (χ3n) is 1.67. The zero-order valence-electron chi connectivity index (χ0n) is 7.41. The lowest BCUT2D eigenvalue weighted by Crippen LogP contribution is -1.89. The highest BCUT2D eigenvalue weighted by Gasteiger charge is 1.88. The highest BCUT2D eigenvalue weighted by molar-refractivity contribution is 5.70. The molecule has 0 saturated heterocycles. The van der Waals surface area contributed by atoms with E-state index in [1.54, 1.807) is 0 Å². The van der Waals surface area contributed by atoms with E-state index >= 15 is 0 Å². The first kappa shape index (κ1) is 8.50. The molecule has 0 N–H and O–H groups in total. The molecule has 0 aliphatic heterocycles. The van der Waals surface area contributed by atoms with Gasteiger partial charge >= 0.3 is 0 Å². The smallest absolute Gasteiger partial charge is 0.115 e. The van der Waals surface area contributed by atoms with Crippen molar-refractivity contribution < 1.29 is 0 Å². The standard InChI is InChI=1S/C10H8N4/c1-2-4-6-8-10-9(7-5-3-1)11-13-14-12-10/h1-8H. The van der Waals surface area contributed by atoms with Crippen LogP contribution in [0.25, 0.3) is 11.0 Å². The van der Waals surface area contributed by atoms with Crippen LogP contribution in [0.3, 0.4) is 0 Å². The predicted molar refractivity (Wildman–Crippen MR) is 52.8 cm³/mol. The fourth-order valence-corrected chi connectivity index (χ4v) is 1.03. The first-order valence-electron chi connectivity index (χ1n) is 4.21. The van der Waals surface area contributed by atoms with Crippen LogP contribution in [0.2, 0.25) is 0 Å². The van der Waals surface area contributed by atoms with Gasteiger partial charge in [-0.15, -0.1) is 10.2 Å². The molecule has 0 saturated carbocycles. The number of hydrogen-bond donors (Lipinski definition) is 0. The Morgan fingerprint density at radius 2 is 1.00 bits per heavy atom. The second-order valence-corrected chi connectivity index (χ2v) is 2.64. The molecule has 0 unspecified atom stereocenters. The number of nitrogens with zero attached hydrogens (tertiary/aromatic N) is 4. The molecule has 0 aliphatic carbocycles. The molecular formula is C10H8N4. The molecule has 4 heteroatoms. The molecule has 0 fully saturated rings. The summed E-state index contributed by atoms with van der Waals surface area (Å²) in [7, 11) is 0. The lowest BCUT2D eigenvalue weighted by Gasteiger charge is -1.85. The van der Waals surface area contributed by atoms with Crippen molar-refractivity contribution in [3.8, 4) is 0 Å². The number of hydrogen-bond acceptors (Lipinski definition) is 4. The molecule has 0 spiro atoms. The van der Waals surface area contributed by atoms with Crippen LogP contribution in [-0.4, -0.2) is 20.6 Å². The Morgan fingerprint density at radius 3 is 1.50 bits per heavy atom. The van der Waals surface area contributed by atoms with Gasteiger partial charge in [-0.05, 0) is 22.6 Å². The first-order chi connectivity index (χ1) is 6.97. The SMILES string of the molecule is c1ccccc2nnnnc2ccc1. The summed E-state index contributed by atoms with van der Waals surface area (Å²) in [5.74, 6) is 0. The zero-order chi connectivity index (χ0) is 9.64. The number of rotatable bonds is 0. The van der Waals surface area contributed by atoms with Crippen molar-refractivity contribution in [1.29, 1.82) is 0 Å². The average molecular weight is 184 g/mol. The quantitative estimate of drug-likeness (QED) is 0.623. The summed E-state index contributed by atoms with van der Waals surface area (Å²) in [4.78, 5) is 0. The van der Waals surface area contributed by atoms with Crippen molar-refractivity contribution in [2.75, 3.05) is 0 Å². The van der Waals surface area contributed by atoms with E-state index in [1.807, 2.05) is 48.5 Å². The third kappa shape index (κ3) is 1.98. The lowest BCUT2D eigenvalue weighted by atomic mass is 10.3. The van der Waals surface area contributed by atoms with Crippen LogP contribution in [0.15, 0.2) is 48.5 Å². The van der Waals surface area contributed by atoms with Gasteiger partial charge in [0.2, 0.25) is 0 Å². The van der Waals surface area contributed by atoms with Gasteiger partial charge in [0.1, 0.15) is 11.0 Å². The van der Waals surface area contributed by atoms with Crippen LogP contribution in [0.4, 0.5) is 0 Å². The van der Waals surface area contributed by atoms with Gasteiger partial charge in [0.15, 0.2) is 0 Å². The zero-order valence-corrected chi connectivity index (χ0v) is 7.41. The number of aromatic nitrogens is 4. The summed E-state index contributed by atoms with van der Waals surface area (Å²) in [5.41, 5.74) is 1.44. The van der Waals surface area contributed by atoms with Crippen molar-refractivity contribution in [3.05, 3.63) is 48.5 Å². The second kappa shape index (κ2) is 4.23. The van der Waals surface area contributed by atoms with Gasteiger partial charge in [-0.25, -0.2) is 0 Å². The van der Waals surface area contributed by atoms with Crippen LogP contribution in [0, 0.1) is 0 Å². The maximum absolute atomic E-state index is 3.87. The molecule has 0 atom stereocenters. The monoisotopic (exact) mass is 184 g/mol. The van der Waals surface area contributed by atoms with E-state index in [-0.39, 0.29) is 0 Å². The van der Waals surface area contributed by atoms with Crippen LogP contribution < -0.4 is 0 Å². The van der Waals surface area contributed by atoms with Gasteiger partial charge < -0.3 is 0 Å². The molecule has 0 amide bonds. The van der Waals surface area contributed by atoms with E-state index < -0.39 is 0 Å². The maximum Gasteiger partial charge on any atom is 0.115 e. The second-order valence-electron chi connectivity index (χ2n) is 2.64. The van der Waals surface area contributed by atoms with E-state index in [1.165, 1.54) is 0 Å². The predicted octanol–water partition coefficient (Wildman–Crippen LogP) is 1.54. The molecule has 14 heavy (non-hydrogen) atoms. The molecule has 2 aromatic rings. The van der Waals surface area contributed by atoms with E-state index in [0.717, 1.165) is 11.0 Å². The summed E-state index contributed by atoms with van der Waals surface area (Å²) in [6.45, 7) is 0. The minimum Gasteiger partial charge on any atom is -0.127 e. The Balaban J connectivity index is 2.76. The fraction of sp³-hybridized carbons (Fsp3) is 0. The first-order valence-corrected chi connectivity index (χ1v) is 4.21. The molecule has 1 heterocycles. The fourth-order valence-electron chi connectivity index (χ4n) is 1.03. The van der Waals surface area contributed by atoms with Crippen molar-refractivity contribution in [2.45, 2.75) is 0 Å². The summed E-state index contributed by atoms with van der Waals surface area (Å²) >= 11 is 0. The molecule has 1 aromatic carbocycles. The molecular weight excluding hydrogens is 176 g/mol. The van der Waals surface area contributed by atoms with Crippen LogP contribution in [0.5, 0.6) is 0 Å². The highest BCUT2D eigenvalue weighted by atomic mass is 15.4. The van der Waals surface area contributed by atoms with Gasteiger partial charge in [-0.2, -0.15) is 0 Å². The van der Waals surface area contributed by atoms with Crippen molar-refractivity contribution in [3.63, 3.8) is 0 Å². The Morgan fingerprint density at radius 1 is 0.571 bits per heavy atom. The Labute approximate surface area is 80.9 Å². The van der Waals surface area contributed by atoms with Gasteiger partial charge in [-0.3, -0.25) is 0 Å².